The first-order chi connectivity index (χ1) is 12.0. The number of benzene rings is 1. The summed E-state index contributed by atoms with van der Waals surface area (Å²) in [5.41, 5.74) is 0. The highest BCUT2D eigenvalue weighted by molar-refractivity contribution is 8.22. The molecule has 0 saturated carbocycles. The van der Waals surface area contributed by atoms with Gasteiger partial charge in [-0.25, -0.2) is 0 Å². The molecule has 26 heavy (non-hydrogen) atoms. The van der Waals surface area contributed by atoms with E-state index in [1.807, 2.05) is 25.1 Å². The molecule has 0 radical (unpaired) electrons. The molecular weight excluding hydrogens is 378 g/mol. The number of thioether (sulfide) groups is 2. The Morgan fingerprint density at radius 3 is 2.38 bits per heavy atom. The fraction of sp³-hybridized carbons (Fsp3) is 0.550. The van der Waals surface area contributed by atoms with Crippen molar-refractivity contribution < 1.29 is 9.22 Å². The molecule has 1 aliphatic heterocycles. The van der Waals surface area contributed by atoms with Crippen LogP contribution in [0.25, 0.3) is 0 Å². The van der Waals surface area contributed by atoms with E-state index in [2.05, 4.69) is 64.3 Å². The molecule has 0 aromatic heterocycles. The Bertz CT molecular complexity index is 656. The molecule has 144 valence electrons. The van der Waals surface area contributed by atoms with Gasteiger partial charge in [-0.2, -0.15) is 0 Å². The van der Waals surface area contributed by atoms with Crippen molar-refractivity contribution in [2.45, 2.75) is 69.1 Å². The second-order valence-corrected chi connectivity index (χ2v) is 15.5. The van der Waals surface area contributed by atoms with Gasteiger partial charge in [-0.3, -0.25) is 4.79 Å². The largest absolute Gasteiger partial charge is 0.413 e. The predicted octanol–water partition coefficient (Wildman–Crippen LogP) is 5.86. The minimum atomic E-state index is -1.89. The van der Waals surface area contributed by atoms with Crippen molar-refractivity contribution >= 4 is 37.7 Å². The van der Waals surface area contributed by atoms with Crippen molar-refractivity contribution in [2.75, 3.05) is 0 Å². The molecule has 1 fully saturated rings. The van der Waals surface area contributed by atoms with Crippen molar-refractivity contribution in [3.05, 3.63) is 40.6 Å². The Hall–Kier alpha value is -0.693. The van der Waals surface area contributed by atoms with Crippen LogP contribution >= 0.6 is 23.5 Å². The van der Waals surface area contributed by atoms with Gasteiger partial charge in [0.25, 0.3) is 0 Å². The van der Waals surface area contributed by atoms with Crippen LogP contribution in [-0.2, 0) is 9.22 Å². The number of nitrogens with one attached hydrogen (secondary N) is 1. The van der Waals surface area contributed by atoms with Gasteiger partial charge in [0.15, 0.2) is 8.32 Å². The predicted molar refractivity (Wildman–Crippen MR) is 117 cm³/mol. The maximum atomic E-state index is 12.2. The van der Waals surface area contributed by atoms with Crippen molar-refractivity contribution in [1.82, 2.24) is 5.32 Å². The van der Waals surface area contributed by atoms with Crippen LogP contribution in [0.15, 0.2) is 45.5 Å². The van der Waals surface area contributed by atoms with E-state index in [1.54, 1.807) is 23.5 Å². The fourth-order valence-electron chi connectivity index (χ4n) is 2.53. The van der Waals surface area contributed by atoms with Crippen molar-refractivity contribution in [3.8, 4) is 0 Å². The molecule has 1 aromatic carbocycles. The number of allylic oxidation sites excluding steroid dienone is 1. The Morgan fingerprint density at radius 2 is 1.88 bits per heavy atom. The first kappa shape index (κ1) is 21.6. The molecule has 0 unspecified atom stereocenters. The fourth-order valence-corrected chi connectivity index (χ4v) is 6.44. The Balaban J connectivity index is 2.01. The zero-order valence-electron chi connectivity index (χ0n) is 16.8. The topological polar surface area (TPSA) is 38.3 Å². The van der Waals surface area contributed by atoms with E-state index >= 15 is 0 Å². The highest BCUT2D eigenvalue weighted by atomic mass is 32.2. The van der Waals surface area contributed by atoms with E-state index in [4.69, 9.17) is 4.43 Å². The first-order valence-electron chi connectivity index (χ1n) is 9.09. The summed E-state index contributed by atoms with van der Waals surface area (Å²) >= 11 is 3.47. The smallest absolute Gasteiger partial charge is 0.229 e. The second-order valence-electron chi connectivity index (χ2n) is 8.18. The average Bonchev–Trinajstić information content (AvgIpc) is 2.52. The Kier molecular flexibility index (Phi) is 7.10. The van der Waals surface area contributed by atoms with Crippen LogP contribution in [0.3, 0.4) is 0 Å². The number of β-lactam (4-membered cyclic amide) rings is 1. The van der Waals surface area contributed by atoms with Crippen LogP contribution in [0.4, 0.5) is 0 Å². The summed E-state index contributed by atoms with van der Waals surface area (Å²) in [5, 5.41) is 3.27. The quantitative estimate of drug-likeness (QED) is 0.348. The number of rotatable bonds is 7. The molecule has 2 rings (SSSR count). The second kappa shape index (κ2) is 8.55. The van der Waals surface area contributed by atoms with E-state index < -0.39 is 8.32 Å². The molecule has 1 aromatic rings. The lowest BCUT2D eigenvalue weighted by Crippen LogP contribution is -2.62. The van der Waals surface area contributed by atoms with Crippen molar-refractivity contribution in [2.24, 2.45) is 5.92 Å². The van der Waals surface area contributed by atoms with E-state index in [0.29, 0.717) is 0 Å². The molecular formula is C20H31NO2S2Si. The normalized spacial score (nSPS) is 22.6. The van der Waals surface area contributed by atoms with Gasteiger partial charge in [-0.1, -0.05) is 68.6 Å². The molecule has 1 saturated heterocycles. The third kappa shape index (κ3) is 5.18. The van der Waals surface area contributed by atoms with Crippen LogP contribution in [0.2, 0.25) is 18.1 Å². The average molecular weight is 410 g/mol. The van der Waals surface area contributed by atoms with E-state index in [1.165, 1.54) is 9.13 Å². The van der Waals surface area contributed by atoms with Gasteiger partial charge in [0.1, 0.15) is 0 Å². The molecule has 1 amide bonds. The van der Waals surface area contributed by atoms with Crippen molar-refractivity contribution in [3.63, 3.8) is 0 Å². The minimum Gasteiger partial charge on any atom is -0.413 e. The Morgan fingerprint density at radius 1 is 1.27 bits per heavy atom. The number of carbonyl (C=O) groups excluding carboxylic acids is 1. The third-order valence-corrected chi connectivity index (χ3v) is 12.3. The van der Waals surface area contributed by atoms with Gasteiger partial charge in [0.05, 0.1) is 17.4 Å². The summed E-state index contributed by atoms with van der Waals surface area (Å²) < 4.78 is 7.68. The van der Waals surface area contributed by atoms with Crippen LogP contribution in [0.5, 0.6) is 0 Å². The summed E-state index contributed by atoms with van der Waals surface area (Å²) in [4.78, 5) is 13.4. The lowest BCUT2D eigenvalue weighted by atomic mass is 9.96. The van der Waals surface area contributed by atoms with Crippen LogP contribution in [-0.4, -0.2) is 25.7 Å². The van der Waals surface area contributed by atoms with Gasteiger partial charge in [0.2, 0.25) is 5.91 Å². The number of amides is 1. The molecule has 0 aliphatic carbocycles. The molecule has 0 spiro atoms. The summed E-state index contributed by atoms with van der Waals surface area (Å²) in [5.74, 6) is 0.00863. The van der Waals surface area contributed by atoms with Gasteiger partial charge in [-0.15, -0.1) is 0 Å². The van der Waals surface area contributed by atoms with Gasteiger partial charge in [0, 0.05) is 9.13 Å². The highest BCUT2D eigenvalue weighted by Gasteiger charge is 2.48. The van der Waals surface area contributed by atoms with Crippen LogP contribution < -0.4 is 5.32 Å². The van der Waals surface area contributed by atoms with Gasteiger partial charge < -0.3 is 9.74 Å². The van der Waals surface area contributed by atoms with Crippen molar-refractivity contribution in [1.29, 1.82) is 0 Å². The lowest BCUT2D eigenvalue weighted by molar-refractivity contribution is -0.136. The molecule has 3 atom stereocenters. The monoisotopic (exact) mass is 409 g/mol. The molecule has 3 nitrogen and oxygen atoms in total. The summed E-state index contributed by atoms with van der Waals surface area (Å²) in [6, 6.07) is 10.3. The van der Waals surface area contributed by atoms with Gasteiger partial charge >= 0.3 is 0 Å². The molecule has 6 heteroatoms. The molecule has 1 heterocycles. The van der Waals surface area contributed by atoms with E-state index in [9.17, 15) is 4.79 Å². The first-order valence-corrected chi connectivity index (χ1v) is 13.7. The Labute approximate surface area is 167 Å². The lowest BCUT2D eigenvalue weighted by Gasteiger charge is -2.45. The maximum Gasteiger partial charge on any atom is 0.229 e. The van der Waals surface area contributed by atoms with Crippen LogP contribution in [0, 0.1) is 5.92 Å². The van der Waals surface area contributed by atoms with Crippen LogP contribution in [0.1, 0.15) is 34.6 Å². The zero-order chi connectivity index (χ0) is 19.5. The summed E-state index contributed by atoms with van der Waals surface area (Å²) in [6.45, 7) is 15.3. The number of hydrogen-bond acceptors (Lipinski definition) is 4. The molecule has 0 bridgehead atoms. The van der Waals surface area contributed by atoms with Gasteiger partial charge in [-0.05, 0) is 44.1 Å². The number of carbonyl (C=O) groups is 1. The maximum absolute atomic E-state index is 12.2. The standard InChI is InChI=1S/C20H31NO2S2Si/c1-8-16(24-15-12-10-9-11-13-15)25-19-17(18(22)21-19)14(2)23-26(6,7)20(3,4)5/h8-14,17,19H,1-7H3,(H,21,22)/t14-,17+,19-/m1/s1. The minimum absolute atomic E-state index is 0.0676. The summed E-state index contributed by atoms with van der Waals surface area (Å²) in [7, 11) is -1.89. The zero-order valence-corrected chi connectivity index (χ0v) is 19.5. The van der Waals surface area contributed by atoms with E-state index in [0.717, 1.165) is 0 Å². The number of hydrogen-bond donors (Lipinski definition) is 1. The van der Waals surface area contributed by atoms with E-state index in [-0.39, 0.29) is 28.3 Å². The highest BCUT2D eigenvalue weighted by Crippen LogP contribution is 2.43. The third-order valence-electron chi connectivity index (χ3n) is 5.15. The molecule has 1 aliphatic rings. The summed E-state index contributed by atoms with van der Waals surface area (Å²) in [6.07, 6.45) is 2.05. The SMILES string of the molecule is CC=C(Sc1ccccc1)S[C@H]1NC(=O)[C@@H]1[C@@H](C)O[Si](C)(C)C(C)(C)C. The molecule has 1 N–H and O–H groups in total.